The second-order valence-corrected chi connectivity index (χ2v) is 10.7. The molecule has 0 radical (unpaired) electrons. The zero-order valence-electron chi connectivity index (χ0n) is 23.7. The normalized spacial score (nSPS) is 13.6. The van der Waals surface area contributed by atoms with E-state index >= 15 is 0 Å². The van der Waals surface area contributed by atoms with Crippen molar-refractivity contribution in [2.75, 3.05) is 42.8 Å². The molecule has 6 rings (SSSR count). The Balaban J connectivity index is 0.000000515. The van der Waals surface area contributed by atoms with Gasteiger partial charge in [0.1, 0.15) is 11.3 Å². The molecule has 1 saturated heterocycles. The summed E-state index contributed by atoms with van der Waals surface area (Å²) in [5, 5.41) is 10.4. The summed E-state index contributed by atoms with van der Waals surface area (Å²) in [7, 11) is 0. The molecule has 4 heterocycles. The largest absolute Gasteiger partial charge is 0.490 e. The highest BCUT2D eigenvalue weighted by atomic mass is 32.2. The number of aromatic amines is 1. The molecule has 0 atom stereocenters. The first-order chi connectivity index (χ1) is 21.5. The second kappa shape index (κ2) is 13.6. The Morgan fingerprint density at radius 2 is 1.78 bits per heavy atom. The van der Waals surface area contributed by atoms with Gasteiger partial charge in [0, 0.05) is 24.5 Å². The van der Waals surface area contributed by atoms with Crippen LogP contribution < -0.4 is 10.2 Å². The molecule has 17 heteroatoms. The second-order valence-electron chi connectivity index (χ2n) is 9.78. The third kappa shape index (κ3) is 7.59. The van der Waals surface area contributed by atoms with Gasteiger partial charge in [-0.2, -0.15) is 23.1 Å². The van der Waals surface area contributed by atoms with Crippen molar-refractivity contribution in [3.8, 4) is 0 Å². The average Bonchev–Trinajstić information content (AvgIpc) is 3.65. The van der Waals surface area contributed by atoms with Gasteiger partial charge in [-0.1, -0.05) is 12.1 Å². The zero-order valence-corrected chi connectivity index (χ0v) is 24.6. The number of aryl methyl sites for hydroxylation is 2. The minimum Gasteiger partial charge on any atom is -0.475 e. The smallest absolute Gasteiger partial charge is 0.475 e. The number of halogens is 5. The molecular formula is C28H27F5N8O3S. The number of carboxylic acid groups (broad SMARTS) is 1. The van der Waals surface area contributed by atoms with Crippen molar-refractivity contribution in [1.82, 2.24) is 29.5 Å². The number of alkyl halides is 3. The highest BCUT2D eigenvalue weighted by molar-refractivity contribution is 7.98. The lowest BCUT2D eigenvalue weighted by Crippen LogP contribution is -2.37. The standard InChI is InChI=1S/C26H26F2N8OS.C2HF3O2/c1-38-17-4-2-16(3-5-17)8-9-36-15-30-23-24(33-26(34-25(23)36)35-10-12-37-13-11-35)29-14-20-31-19-7-6-18(27)21(28)22(19)32-20;3-2(4,5)1(6)7/h2-7,15H,8-14H2,1H3,(H,31,32)(H,29,33,34);(H,6,7). The van der Waals surface area contributed by atoms with Crippen molar-refractivity contribution in [3.63, 3.8) is 0 Å². The number of hydrogen-bond donors (Lipinski definition) is 3. The molecule has 0 spiro atoms. The quantitative estimate of drug-likeness (QED) is 0.155. The van der Waals surface area contributed by atoms with Crippen LogP contribution in [0.2, 0.25) is 0 Å². The van der Waals surface area contributed by atoms with Gasteiger partial charge < -0.3 is 29.6 Å². The number of nitrogens with one attached hydrogen (secondary N) is 2. The van der Waals surface area contributed by atoms with Gasteiger partial charge in [0.15, 0.2) is 28.6 Å². The number of carbonyl (C=O) groups is 1. The summed E-state index contributed by atoms with van der Waals surface area (Å²) in [6, 6.07) is 11.1. The molecule has 0 amide bonds. The van der Waals surface area contributed by atoms with Gasteiger partial charge in [0.05, 0.1) is 31.6 Å². The summed E-state index contributed by atoms with van der Waals surface area (Å²) in [5.41, 5.74) is 2.99. The average molecular weight is 651 g/mol. The summed E-state index contributed by atoms with van der Waals surface area (Å²) < 4.78 is 67.0. The van der Waals surface area contributed by atoms with E-state index in [4.69, 9.17) is 24.6 Å². The summed E-state index contributed by atoms with van der Waals surface area (Å²) in [5.74, 6) is -3.06. The lowest BCUT2D eigenvalue weighted by atomic mass is 10.1. The molecule has 1 aliphatic rings. The van der Waals surface area contributed by atoms with Crippen molar-refractivity contribution >= 4 is 51.7 Å². The predicted octanol–water partition coefficient (Wildman–Crippen LogP) is 5.03. The Labute approximate surface area is 256 Å². The van der Waals surface area contributed by atoms with E-state index in [1.54, 1.807) is 18.1 Å². The highest BCUT2D eigenvalue weighted by Crippen LogP contribution is 2.25. The van der Waals surface area contributed by atoms with Crippen LogP contribution in [0.25, 0.3) is 22.2 Å². The molecule has 0 bridgehead atoms. The van der Waals surface area contributed by atoms with Crippen molar-refractivity contribution in [1.29, 1.82) is 0 Å². The van der Waals surface area contributed by atoms with Gasteiger partial charge in [-0.15, -0.1) is 11.8 Å². The predicted molar refractivity (Wildman–Crippen MR) is 157 cm³/mol. The number of aromatic nitrogens is 6. The van der Waals surface area contributed by atoms with E-state index in [2.05, 4.69) is 55.7 Å². The van der Waals surface area contributed by atoms with E-state index in [0.717, 1.165) is 18.1 Å². The Hall–Kier alpha value is -4.51. The number of H-pyrrole nitrogens is 1. The fourth-order valence-electron chi connectivity index (χ4n) is 4.49. The van der Waals surface area contributed by atoms with Crippen LogP contribution in [0.1, 0.15) is 11.4 Å². The summed E-state index contributed by atoms with van der Waals surface area (Å²) in [6.07, 6.45) is -0.402. The van der Waals surface area contributed by atoms with Crippen LogP contribution in [0, 0.1) is 11.6 Å². The molecule has 11 nitrogen and oxygen atoms in total. The highest BCUT2D eigenvalue weighted by Gasteiger charge is 2.38. The Bertz CT molecular complexity index is 1790. The molecule has 238 valence electrons. The van der Waals surface area contributed by atoms with Crippen LogP contribution in [-0.2, 0) is 29.0 Å². The van der Waals surface area contributed by atoms with Crippen molar-refractivity contribution in [3.05, 3.63) is 65.7 Å². The molecule has 0 unspecified atom stereocenters. The number of nitrogens with zero attached hydrogens (tertiary/aromatic N) is 6. The van der Waals surface area contributed by atoms with E-state index in [9.17, 15) is 22.0 Å². The van der Waals surface area contributed by atoms with Crippen LogP contribution in [-0.4, -0.2) is 79.3 Å². The molecule has 1 aliphatic heterocycles. The van der Waals surface area contributed by atoms with Crippen molar-refractivity contribution < 1.29 is 36.6 Å². The molecule has 3 aromatic heterocycles. The van der Waals surface area contributed by atoms with Crippen molar-refractivity contribution in [2.24, 2.45) is 0 Å². The van der Waals surface area contributed by atoms with Gasteiger partial charge in [0.25, 0.3) is 0 Å². The number of benzene rings is 2. The van der Waals surface area contributed by atoms with Gasteiger partial charge >= 0.3 is 12.1 Å². The van der Waals surface area contributed by atoms with E-state index in [0.29, 0.717) is 61.5 Å². The van der Waals surface area contributed by atoms with Crippen LogP contribution in [0.4, 0.5) is 33.7 Å². The van der Waals surface area contributed by atoms with Crippen LogP contribution in [0.3, 0.4) is 0 Å². The zero-order chi connectivity index (χ0) is 32.1. The number of fused-ring (bicyclic) bond motifs is 2. The molecular weight excluding hydrogens is 623 g/mol. The Morgan fingerprint density at radius 1 is 1.07 bits per heavy atom. The van der Waals surface area contributed by atoms with E-state index in [1.807, 2.05) is 4.57 Å². The maximum absolute atomic E-state index is 14.1. The number of aliphatic carboxylic acids is 1. The summed E-state index contributed by atoms with van der Waals surface area (Å²) in [4.78, 5) is 33.7. The molecule has 0 saturated carbocycles. The van der Waals surface area contributed by atoms with Gasteiger partial charge in [0.2, 0.25) is 5.95 Å². The number of morpholine rings is 1. The Kier molecular flexibility index (Phi) is 9.67. The molecule has 1 fully saturated rings. The first-order valence-corrected chi connectivity index (χ1v) is 14.8. The Morgan fingerprint density at radius 3 is 2.44 bits per heavy atom. The molecule has 45 heavy (non-hydrogen) atoms. The molecule has 3 N–H and O–H groups in total. The third-order valence-electron chi connectivity index (χ3n) is 6.81. The van der Waals surface area contributed by atoms with Gasteiger partial charge in [-0.3, -0.25) is 0 Å². The van der Waals surface area contributed by atoms with Crippen LogP contribution in [0.15, 0.2) is 47.6 Å². The number of rotatable bonds is 8. The van der Waals surface area contributed by atoms with E-state index in [-0.39, 0.29) is 12.1 Å². The number of ether oxygens (including phenoxy) is 1. The molecule has 0 aliphatic carbocycles. The third-order valence-corrected chi connectivity index (χ3v) is 7.55. The van der Waals surface area contributed by atoms with E-state index in [1.165, 1.54) is 16.5 Å². The number of thioether (sulfide) groups is 1. The lowest BCUT2D eigenvalue weighted by Gasteiger charge is -2.27. The maximum atomic E-state index is 14.1. The number of carboxylic acids is 1. The lowest BCUT2D eigenvalue weighted by molar-refractivity contribution is -0.192. The van der Waals surface area contributed by atoms with Gasteiger partial charge in [-0.05, 0) is 42.5 Å². The molecule has 5 aromatic rings. The fraction of sp³-hybridized carbons (Fsp3) is 0.321. The minimum atomic E-state index is -5.08. The fourth-order valence-corrected chi connectivity index (χ4v) is 4.89. The van der Waals surface area contributed by atoms with Crippen molar-refractivity contribution in [2.45, 2.75) is 30.6 Å². The SMILES string of the molecule is CSc1ccc(CCn2cnc3c(NCc4nc5c(F)c(F)ccc5[nH]4)nc(N4CCOCC4)nc32)cc1.O=C(O)C(F)(F)F. The summed E-state index contributed by atoms with van der Waals surface area (Å²) in [6.45, 7) is 3.53. The summed E-state index contributed by atoms with van der Waals surface area (Å²) >= 11 is 1.72. The first-order valence-electron chi connectivity index (χ1n) is 13.6. The monoisotopic (exact) mass is 650 g/mol. The van der Waals surface area contributed by atoms with E-state index < -0.39 is 23.8 Å². The number of anilines is 2. The van der Waals surface area contributed by atoms with Gasteiger partial charge in [-0.25, -0.2) is 23.5 Å². The maximum Gasteiger partial charge on any atom is 0.490 e. The molecule has 2 aromatic carbocycles. The minimum absolute atomic E-state index is 0.0292. The topological polar surface area (TPSA) is 134 Å². The first kappa shape index (κ1) is 31.9. The number of imidazole rings is 2. The van der Waals surface area contributed by atoms with Crippen LogP contribution >= 0.6 is 11.8 Å². The number of hydrogen-bond acceptors (Lipinski definition) is 9. The van der Waals surface area contributed by atoms with Crippen LogP contribution in [0.5, 0.6) is 0 Å².